The molecule has 0 saturated heterocycles. The summed E-state index contributed by atoms with van der Waals surface area (Å²) in [7, 11) is 0. The molecule has 0 unspecified atom stereocenters. The third-order valence-corrected chi connectivity index (χ3v) is 3.57. The van der Waals surface area contributed by atoms with Gasteiger partial charge in [0.05, 0.1) is 16.0 Å². The van der Waals surface area contributed by atoms with Crippen molar-refractivity contribution in [2.24, 2.45) is 0 Å². The van der Waals surface area contributed by atoms with Crippen molar-refractivity contribution in [3.63, 3.8) is 0 Å². The van der Waals surface area contributed by atoms with E-state index >= 15 is 0 Å². The summed E-state index contributed by atoms with van der Waals surface area (Å²) in [5.74, 6) is 0. The SMILES string of the molecule is O=c1[nH]c2ccccc2nc1CCc1nccs1. The Morgan fingerprint density at radius 1 is 1.22 bits per heavy atom. The fourth-order valence-corrected chi connectivity index (χ4v) is 2.46. The largest absolute Gasteiger partial charge is 0.319 e. The van der Waals surface area contributed by atoms with Gasteiger partial charge in [-0.2, -0.15) is 0 Å². The van der Waals surface area contributed by atoms with E-state index in [0.717, 1.165) is 22.5 Å². The van der Waals surface area contributed by atoms with E-state index in [-0.39, 0.29) is 5.56 Å². The molecular weight excluding hydrogens is 246 g/mol. The van der Waals surface area contributed by atoms with Crippen LogP contribution in [0.25, 0.3) is 11.0 Å². The van der Waals surface area contributed by atoms with Crippen LogP contribution in [0.5, 0.6) is 0 Å². The second kappa shape index (κ2) is 4.70. The second-order valence-corrected chi connectivity index (χ2v) is 4.93. The van der Waals surface area contributed by atoms with E-state index in [0.29, 0.717) is 12.1 Å². The highest BCUT2D eigenvalue weighted by Crippen LogP contribution is 2.09. The molecule has 18 heavy (non-hydrogen) atoms. The molecule has 0 saturated carbocycles. The van der Waals surface area contributed by atoms with E-state index in [1.165, 1.54) is 0 Å². The topological polar surface area (TPSA) is 58.6 Å². The Balaban J connectivity index is 1.92. The minimum absolute atomic E-state index is 0.106. The monoisotopic (exact) mass is 257 g/mol. The van der Waals surface area contributed by atoms with Crippen LogP contribution in [0.15, 0.2) is 40.6 Å². The van der Waals surface area contributed by atoms with Crippen LogP contribution in [0.2, 0.25) is 0 Å². The Hall–Kier alpha value is -2.01. The van der Waals surface area contributed by atoms with Crippen molar-refractivity contribution in [2.75, 3.05) is 0 Å². The first kappa shape index (κ1) is 11.1. The molecule has 0 aliphatic carbocycles. The number of aromatic amines is 1. The molecule has 0 bridgehead atoms. The van der Waals surface area contributed by atoms with Gasteiger partial charge in [0, 0.05) is 24.4 Å². The summed E-state index contributed by atoms with van der Waals surface area (Å²) in [5.41, 5.74) is 2.07. The van der Waals surface area contributed by atoms with Gasteiger partial charge in [-0.25, -0.2) is 9.97 Å². The summed E-state index contributed by atoms with van der Waals surface area (Å²) in [6, 6.07) is 7.56. The van der Waals surface area contributed by atoms with Crippen LogP contribution in [0, 0.1) is 0 Å². The average Bonchev–Trinajstić information content (AvgIpc) is 2.89. The minimum Gasteiger partial charge on any atom is -0.319 e. The number of hydrogen-bond acceptors (Lipinski definition) is 4. The first-order valence-corrected chi connectivity index (χ1v) is 6.57. The van der Waals surface area contributed by atoms with Gasteiger partial charge in [0.2, 0.25) is 0 Å². The van der Waals surface area contributed by atoms with Crippen LogP contribution in [0.3, 0.4) is 0 Å². The summed E-state index contributed by atoms with van der Waals surface area (Å²) in [6.07, 6.45) is 3.15. The predicted octanol–water partition coefficient (Wildman–Crippen LogP) is 2.16. The number of rotatable bonds is 3. The summed E-state index contributed by atoms with van der Waals surface area (Å²) >= 11 is 1.60. The Labute approximate surface area is 107 Å². The zero-order valence-corrected chi connectivity index (χ0v) is 10.4. The van der Waals surface area contributed by atoms with Gasteiger partial charge in [-0.1, -0.05) is 12.1 Å². The molecular formula is C13H11N3OS. The average molecular weight is 257 g/mol. The summed E-state index contributed by atoms with van der Waals surface area (Å²) in [6.45, 7) is 0. The first-order valence-electron chi connectivity index (χ1n) is 5.69. The minimum atomic E-state index is -0.106. The molecule has 0 amide bonds. The molecule has 1 N–H and O–H groups in total. The first-order chi connectivity index (χ1) is 8.83. The molecule has 0 aliphatic heterocycles. The normalized spacial score (nSPS) is 10.9. The van der Waals surface area contributed by atoms with E-state index in [9.17, 15) is 4.79 Å². The highest BCUT2D eigenvalue weighted by atomic mass is 32.1. The lowest BCUT2D eigenvalue weighted by Gasteiger charge is -2.01. The van der Waals surface area contributed by atoms with Gasteiger partial charge in [0.15, 0.2) is 0 Å². The molecule has 0 spiro atoms. The van der Waals surface area contributed by atoms with Crippen LogP contribution in [-0.2, 0) is 12.8 Å². The molecule has 3 aromatic rings. The number of hydrogen-bond donors (Lipinski definition) is 1. The third-order valence-electron chi connectivity index (χ3n) is 2.73. The molecule has 0 aliphatic rings. The number of aromatic nitrogens is 3. The van der Waals surface area contributed by atoms with E-state index in [2.05, 4.69) is 15.0 Å². The maximum Gasteiger partial charge on any atom is 0.270 e. The molecule has 1 aromatic carbocycles. The number of thiazole rings is 1. The number of nitrogens with zero attached hydrogens (tertiary/aromatic N) is 2. The van der Waals surface area contributed by atoms with Crippen molar-refractivity contribution in [3.8, 4) is 0 Å². The standard InChI is InChI=1S/C13H11N3OS/c17-13-11(5-6-12-14-7-8-18-12)15-9-3-1-2-4-10(9)16-13/h1-4,7-8H,5-6H2,(H,16,17). The highest BCUT2D eigenvalue weighted by molar-refractivity contribution is 7.09. The van der Waals surface area contributed by atoms with Gasteiger partial charge in [0.1, 0.15) is 5.69 Å². The third kappa shape index (κ3) is 2.17. The predicted molar refractivity (Wildman–Crippen MR) is 71.9 cm³/mol. The Morgan fingerprint density at radius 3 is 2.94 bits per heavy atom. The van der Waals surface area contributed by atoms with E-state index < -0.39 is 0 Å². The molecule has 90 valence electrons. The number of para-hydroxylation sites is 2. The van der Waals surface area contributed by atoms with Crippen molar-refractivity contribution >= 4 is 22.4 Å². The Kier molecular flexibility index (Phi) is 2.90. The fourth-order valence-electron chi connectivity index (χ4n) is 1.84. The summed E-state index contributed by atoms with van der Waals surface area (Å²) in [4.78, 5) is 23.3. The van der Waals surface area contributed by atoms with E-state index in [1.54, 1.807) is 17.5 Å². The lowest BCUT2D eigenvalue weighted by molar-refractivity contribution is 0.886. The van der Waals surface area contributed by atoms with Gasteiger partial charge < -0.3 is 4.98 Å². The maximum atomic E-state index is 11.9. The fraction of sp³-hybridized carbons (Fsp3) is 0.154. The summed E-state index contributed by atoms with van der Waals surface area (Å²) in [5, 5.41) is 2.97. The lowest BCUT2D eigenvalue weighted by atomic mass is 10.2. The maximum absolute atomic E-state index is 11.9. The van der Waals surface area contributed by atoms with Gasteiger partial charge >= 0.3 is 0 Å². The van der Waals surface area contributed by atoms with Crippen molar-refractivity contribution in [1.29, 1.82) is 0 Å². The second-order valence-electron chi connectivity index (χ2n) is 3.96. The highest BCUT2D eigenvalue weighted by Gasteiger charge is 2.05. The lowest BCUT2D eigenvalue weighted by Crippen LogP contribution is -2.15. The van der Waals surface area contributed by atoms with Crippen molar-refractivity contribution < 1.29 is 0 Å². The molecule has 0 radical (unpaired) electrons. The molecule has 3 rings (SSSR count). The van der Waals surface area contributed by atoms with Crippen LogP contribution < -0.4 is 5.56 Å². The zero-order chi connectivity index (χ0) is 12.4. The quantitative estimate of drug-likeness (QED) is 0.782. The van der Waals surface area contributed by atoms with Gasteiger partial charge in [-0.3, -0.25) is 4.79 Å². The van der Waals surface area contributed by atoms with E-state index in [4.69, 9.17) is 0 Å². The molecule has 2 heterocycles. The smallest absolute Gasteiger partial charge is 0.270 e. The molecule has 4 nitrogen and oxygen atoms in total. The van der Waals surface area contributed by atoms with Crippen molar-refractivity contribution in [2.45, 2.75) is 12.8 Å². The Bertz CT molecular complexity index is 718. The van der Waals surface area contributed by atoms with Crippen molar-refractivity contribution in [3.05, 3.63) is 56.9 Å². The zero-order valence-electron chi connectivity index (χ0n) is 9.59. The van der Waals surface area contributed by atoms with Crippen molar-refractivity contribution in [1.82, 2.24) is 15.0 Å². The van der Waals surface area contributed by atoms with Crippen LogP contribution >= 0.6 is 11.3 Å². The Morgan fingerprint density at radius 2 is 2.11 bits per heavy atom. The van der Waals surface area contributed by atoms with Gasteiger partial charge in [0.25, 0.3) is 5.56 Å². The van der Waals surface area contributed by atoms with E-state index in [1.807, 2.05) is 29.6 Å². The number of aryl methyl sites for hydroxylation is 2. The number of benzene rings is 1. The number of H-pyrrole nitrogens is 1. The summed E-state index contributed by atoms with van der Waals surface area (Å²) < 4.78 is 0. The van der Waals surface area contributed by atoms with Gasteiger partial charge in [-0.15, -0.1) is 11.3 Å². The molecule has 0 atom stereocenters. The number of nitrogens with one attached hydrogen (secondary N) is 1. The van der Waals surface area contributed by atoms with Crippen LogP contribution in [0.4, 0.5) is 0 Å². The van der Waals surface area contributed by atoms with Crippen LogP contribution in [0.1, 0.15) is 10.7 Å². The molecule has 2 aromatic heterocycles. The molecule has 5 heteroatoms. The van der Waals surface area contributed by atoms with Crippen LogP contribution in [-0.4, -0.2) is 15.0 Å². The van der Waals surface area contributed by atoms with Gasteiger partial charge in [-0.05, 0) is 12.1 Å². The number of fused-ring (bicyclic) bond motifs is 1. The molecule has 0 fully saturated rings.